The van der Waals surface area contributed by atoms with Crippen molar-refractivity contribution in [3.63, 3.8) is 0 Å². The molecule has 0 aliphatic carbocycles. The van der Waals surface area contributed by atoms with Gasteiger partial charge in [-0.25, -0.2) is 9.97 Å². The van der Waals surface area contributed by atoms with E-state index in [9.17, 15) is 0 Å². The van der Waals surface area contributed by atoms with Crippen molar-refractivity contribution in [1.82, 2.24) is 9.97 Å². The molecule has 166 valence electrons. The molecule has 1 aromatic heterocycles. The molecule has 0 unspecified atom stereocenters. The summed E-state index contributed by atoms with van der Waals surface area (Å²) in [5.74, 6) is 0.663. The van der Waals surface area contributed by atoms with Crippen molar-refractivity contribution in [2.75, 3.05) is 23.8 Å². The SMILES string of the molecule is CNc1cccc(-c2cc(-c3cc(N)cc(-c4cccc(N)c4)c3)nc(-c3ccccc3)n2)c1. The van der Waals surface area contributed by atoms with Crippen LogP contribution in [0.1, 0.15) is 0 Å². The number of nitrogens with two attached hydrogens (primary N) is 2. The molecule has 5 heteroatoms. The van der Waals surface area contributed by atoms with Crippen LogP contribution >= 0.6 is 0 Å². The molecule has 0 aliphatic rings. The fourth-order valence-corrected chi connectivity index (χ4v) is 3.98. The molecule has 0 radical (unpaired) electrons. The van der Waals surface area contributed by atoms with E-state index in [1.807, 2.05) is 92.0 Å². The molecule has 0 fully saturated rings. The van der Waals surface area contributed by atoms with Crippen molar-refractivity contribution in [3.8, 4) is 45.0 Å². The number of aromatic nitrogens is 2. The minimum Gasteiger partial charge on any atom is -0.399 e. The van der Waals surface area contributed by atoms with Crippen LogP contribution in [0.25, 0.3) is 45.0 Å². The van der Waals surface area contributed by atoms with Crippen LogP contribution in [0.5, 0.6) is 0 Å². The van der Waals surface area contributed by atoms with Crippen LogP contribution in [0.4, 0.5) is 17.1 Å². The van der Waals surface area contributed by atoms with Gasteiger partial charge in [0.1, 0.15) is 0 Å². The highest BCUT2D eigenvalue weighted by Gasteiger charge is 2.12. The first kappa shape index (κ1) is 21.2. The average molecular weight is 444 g/mol. The van der Waals surface area contributed by atoms with Gasteiger partial charge in [-0.15, -0.1) is 0 Å². The van der Waals surface area contributed by atoms with Gasteiger partial charge < -0.3 is 16.8 Å². The lowest BCUT2D eigenvalue weighted by Crippen LogP contribution is -1.97. The predicted octanol–water partition coefficient (Wildman–Crippen LogP) is 6.35. The first-order chi connectivity index (χ1) is 16.6. The molecule has 0 amide bonds. The van der Waals surface area contributed by atoms with E-state index >= 15 is 0 Å². The molecule has 1 heterocycles. The Hall–Kier alpha value is -4.64. The molecule has 0 atom stereocenters. The second kappa shape index (κ2) is 9.08. The van der Waals surface area contributed by atoms with Gasteiger partial charge in [-0.3, -0.25) is 0 Å². The van der Waals surface area contributed by atoms with E-state index < -0.39 is 0 Å². The highest BCUT2D eigenvalue weighted by atomic mass is 14.9. The van der Waals surface area contributed by atoms with Crippen molar-refractivity contribution in [2.24, 2.45) is 0 Å². The van der Waals surface area contributed by atoms with Gasteiger partial charge in [-0.2, -0.15) is 0 Å². The molecule has 4 aromatic carbocycles. The smallest absolute Gasteiger partial charge is 0.160 e. The maximum atomic E-state index is 6.33. The average Bonchev–Trinajstić information content (AvgIpc) is 2.88. The van der Waals surface area contributed by atoms with Crippen LogP contribution in [0.15, 0.2) is 103 Å². The molecular formula is C29H25N5. The standard InChI is InChI=1S/C29H25N5/c1-32-26-12-6-10-21(17-26)27-18-28(34-29(33-27)19-7-3-2-4-8-19)23-13-22(15-25(31)16-23)20-9-5-11-24(30)14-20/h2-18,32H,30-31H2,1H3. The number of hydrogen-bond donors (Lipinski definition) is 3. The van der Waals surface area contributed by atoms with Gasteiger partial charge in [0, 0.05) is 40.8 Å². The zero-order chi connectivity index (χ0) is 23.5. The summed E-state index contributed by atoms with van der Waals surface area (Å²) in [5, 5.41) is 3.20. The quantitative estimate of drug-likeness (QED) is 0.275. The number of nitrogens with zero attached hydrogens (tertiary/aromatic N) is 2. The molecule has 5 nitrogen and oxygen atoms in total. The highest BCUT2D eigenvalue weighted by molar-refractivity contribution is 5.80. The Morgan fingerprint density at radius 2 is 1.18 bits per heavy atom. The number of nitrogen functional groups attached to an aromatic ring is 2. The Morgan fingerprint density at radius 3 is 1.94 bits per heavy atom. The first-order valence-corrected chi connectivity index (χ1v) is 11.1. The molecule has 5 rings (SSSR count). The van der Waals surface area contributed by atoms with Crippen molar-refractivity contribution >= 4 is 17.1 Å². The molecule has 0 saturated carbocycles. The van der Waals surface area contributed by atoms with Crippen LogP contribution in [0, 0.1) is 0 Å². The second-order valence-electron chi connectivity index (χ2n) is 8.13. The van der Waals surface area contributed by atoms with E-state index in [2.05, 4.69) is 23.5 Å². The van der Waals surface area contributed by atoms with Crippen molar-refractivity contribution in [1.29, 1.82) is 0 Å². The lowest BCUT2D eigenvalue weighted by Gasteiger charge is -2.12. The van der Waals surface area contributed by atoms with Gasteiger partial charge in [0.15, 0.2) is 5.82 Å². The second-order valence-corrected chi connectivity index (χ2v) is 8.13. The molecule has 0 bridgehead atoms. The summed E-state index contributed by atoms with van der Waals surface area (Å²) < 4.78 is 0. The topological polar surface area (TPSA) is 89.8 Å². The number of benzene rings is 4. The first-order valence-electron chi connectivity index (χ1n) is 11.1. The van der Waals surface area contributed by atoms with Crippen LogP contribution in [-0.2, 0) is 0 Å². The van der Waals surface area contributed by atoms with E-state index in [4.69, 9.17) is 21.4 Å². The summed E-state index contributed by atoms with van der Waals surface area (Å²) in [6.45, 7) is 0. The Morgan fingerprint density at radius 1 is 0.529 bits per heavy atom. The lowest BCUT2D eigenvalue weighted by atomic mass is 9.99. The number of anilines is 3. The summed E-state index contributed by atoms with van der Waals surface area (Å²) in [5.41, 5.74) is 21.3. The molecule has 0 saturated heterocycles. The van der Waals surface area contributed by atoms with E-state index in [0.29, 0.717) is 17.2 Å². The van der Waals surface area contributed by atoms with E-state index in [0.717, 1.165) is 44.9 Å². The number of hydrogen-bond acceptors (Lipinski definition) is 5. The maximum Gasteiger partial charge on any atom is 0.160 e. The van der Waals surface area contributed by atoms with Gasteiger partial charge >= 0.3 is 0 Å². The molecule has 0 spiro atoms. The monoisotopic (exact) mass is 443 g/mol. The van der Waals surface area contributed by atoms with Crippen LogP contribution in [-0.4, -0.2) is 17.0 Å². The fourth-order valence-electron chi connectivity index (χ4n) is 3.98. The van der Waals surface area contributed by atoms with Gasteiger partial charge in [0.25, 0.3) is 0 Å². The maximum absolute atomic E-state index is 6.33. The fraction of sp³-hybridized carbons (Fsp3) is 0.0345. The number of rotatable bonds is 5. The zero-order valence-corrected chi connectivity index (χ0v) is 18.9. The van der Waals surface area contributed by atoms with Gasteiger partial charge in [0.05, 0.1) is 11.4 Å². The van der Waals surface area contributed by atoms with Crippen LogP contribution in [0.2, 0.25) is 0 Å². The third-order valence-corrected chi connectivity index (χ3v) is 5.68. The lowest BCUT2D eigenvalue weighted by molar-refractivity contribution is 1.18. The minimum atomic E-state index is 0.661. The third-order valence-electron chi connectivity index (χ3n) is 5.68. The Labute approximate surface area is 199 Å². The van der Waals surface area contributed by atoms with Gasteiger partial charge in [-0.1, -0.05) is 54.6 Å². The summed E-state index contributed by atoms with van der Waals surface area (Å²) >= 11 is 0. The van der Waals surface area contributed by atoms with Gasteiger partial charge in [-0.05, 0) is 59.7 Å². The Bertz CT molecular complexity index is 1460. The summed E-state index contributed by atoms with van der Waals surface area (Å²) in [6, 6.07) is 34.0. The molecular weight excluding hydrogens is 418 g/mol. The normalized spacial score (nSPS) is 10.7. The van der Waals surface area contributed by atoms with Gasteiger partial charge in [0.2, 0.25) is 0 Å². The summed E-state index contributed by atoms with van der Waals surface area (Å²) in [6.07, 6.45) is 0. The molecule has 0 aliphatic heterocycles. The molecule has 34 heavy (non-hydrogen) atoms. The van der Waals surface area contributed by atoms with Crippen molar-refractivity contribution in [2.45, 2.75) is 0 Å². The molecule has 5 aromatic rings. The Kier molecular flexibility index (Phi) is 5.67. The largest absolute Gasteiger partial charge is 0.399 e. The van der Waals surface area contributed by atoms with Crippen LogP contribution in [0.3, 0.4) is 0 Å². The zero-order valence-electron chi connectivity index (χ0n) is 18.9. The summed E-state index contributed by atoms with van der Waals surface area (Å²) in [7, 11) is 1.91. The van der Waals surface area contributed by atoms with Crippen molar-refractivity contribution in [3.05, 3.63) is 103 Å². The Balaban J connectivity index is 1.69. The minimum absolute atomic E-state index is 0.661. The van der Waals surface area contributed by atoms with E-state index in [1.165, 1.54) is 0 Å². The predicted molar refractivity (Wildman–Crippen MR) is 142 cm³/mol. The van der Waals surface area contributed by atoms with Crippen LogP contribution < -0.4 is 16.8 Å². The molecule has 5 N–H and O–H groups in total. The van der Waals surface area contributed by atoms with E-state index in [-0.39, 0.29) is 0 Å². The highest BCUT2D eigenvalue weighted by Crippen LogP contribution is 2.33. The summed E-state index contributed by atoms with van der Waals surface area (Å²) in [4.78, 5) is 9.83. The third kappa shape index (κ3) is 4.45. The number of nitrogens with one attached hydrogen (secondary N) is 1. The van der Waals surface area contributed by atoms with E-state index in [1.54, 1.807) is 0 Å². The van der Waals surface area contributed by atoms with Crippen molar-refractivity contribution < 1.29 is 0 Å².